The van der Waals surface area contributed by atoms with E-state index in [4.69, 9.17) is 5.84 Å². The Balaban J connectivity index is 2.32. The van der Waals surface area contributed by atoms with Crippen molar-refractivity contribution < 1.29 is 8.42 Å². The third kappa shape index (κ3) is 3.43. The number of benzene rings is 1. The molecule has 0 saturated carbocycles. The predicted octanol–water partition coefficient (Wildman–Crippen LogP) is 1.93. The van der Waals surface area contributed by atoms with Gasteiger partial charge in [0.2, 0.25) is 0 Å². The minimum absolute atomic E-state index is 0.0791. The number of rotatable bonds is 4. The molecule has 0 aliphatic rings. The van der Waals surface area contributed by atoms with Gasteiger partial charge in [0.15, 0.2) is 0 Å². The molecular weight excluding hydrogens is 332 g/mol. The average Bonchev–Trinajstić information content (AvgIpc) is 2.38. The topological polar surface area (TPSA) is 97.1 Å². The molecule has 8 heteroatoms. The summed E-state index contributed by atoms with van der Waals surface area (Å²) in [5.41, 5.74) is 2.77. The quantitative estimate of drug-likeness (QED) is 0.582. The Morgan fingerprint density at radius 2 is 2.00 bits per heavy atom. The minimum atomic E-state index is -3.67. The molecule has 0 spiro atoms. The van der Waals surface area contributed by atoms with Crippen LogP contribution in [0.4, 0.5) is 11.5 Å². The number of nitrogens with two attached hydrogens (primary N) is 1. The van der Waals surface area contributed by atoms with Crippen molar-refractivity contribution >= 4 is 37.5 Å². The van der Waals surface area contributed by atoms with Gasteiger partial charge in [-0.05, 0) is 24.3 Å². The number of sulfonamides is 1. The molecule has 0 amide bonds. The second-order valence-electron chi connectivity index (χ2n) is 3.64. The van der Waals surface area contributed by atoms with E-state index in [0.717, 1.165) is 4.47 Å². The molecule has 2 rings (SSSR count). The van der Waals surface area contributed by atoms with Crippen molar-refractivity contribution in [2.45, 2.75) is 4.90 Å². The summed E-state index contributed by atoms with van der Waals surface area (Å²) in [5, 5.41) is 0. The van der Waals surface area contributed by atoms with Gasteiger partial charge in [-0.1, -0.05) is 22.0 Å². The minimum Gasteiger partial charge on any atom is -0.308 e. The van der Waals surface area contributed by atoms with Gasteiger partial charge in [0.1, 0.15) is 5.82 Å². The molecule has 0 aliphatic carbocycles. The van der Waals surface area contributed by atoms with E-state index in [1.165, 1.54) is 18.3 Å². The lowest BCUT2D eigenvalue weighted by atomic mass is 10.3. The molecular formula is C11H11BrN4O2S. The predicted molar refractivity (Wildman–Crippen MR) is 77.0 cm³/mol. The maximum absolute atomic E-state index is 12.2. The zero-order valence-electron chi connectivity index (χ0n) is 9.67. The first-order valence-electron chi connectivity index (χ1n) is 5.22. The molecule has 4 N–H and O–H groups in total. The number of hydrogen-bond acceptors (Lipinski definition) is 5. The molecule has 0 bridgehead atoms. The van der Waals surface area contributed by atoms with Gasteiger partial charge in [0.05, 0.1) is 4.90 Å². The Morgan fingerprint density at radius 3 is 2.68 bits per heavy atom. The standard InChI is InChI=1S/C11H11BrN4O2S/c12-8-2-1-3-9(6-8)16-19(17,18)10-4-5-14-11(7-10)15-13/h1-7,16H,13H2,(H,14,15). The lowest BCUT2D eigenvalue weighted by Gasteiger charge is -2.09. The number of pyridine rings is 1. The van der Waals surface area contributed by atoms with Crippen molar-refractivity contribution in [1.82, 2.24) is 4.98 Å². The number of hydrazine groups is 1. The summed E-state index contributed by atoms with van der Waals surface area (Å²) < 4.78 is 27.6. The van der Waals surface area contributed by atoms with Crippen LogP contribution in [0.5, 0.6) is 0 Å². The summed E-state index contributed by atoms with van der Waals surface area (Å²) in [6.45, 7) is 0. The van der Waals surface area contributed by atoms with Crippen LogP contribution in [0.2, 0.25) is 0 Å². The van der Waals surface area contributed by atoms with Crippen molar-refractivity contribution in [3.05, 3.63) is 47.1 Å². The summed E-state index contributed by atoms with van der Waals surface area (Å²) in [5.74, 6) is 5.48. The molecule has 0 unspecified atom stereocenters. The summed E-state index contributed by atoms with van der Waals surface area (Å²) in [4.78, 5) is 3.94. The Morgan fingerprint density at radius 1 is 1.21 bits per heavy atom. The zero-order valence-corrected chi connectivity index (χ0v) is 12.1. The third-order valence-electron chi connectivity index (χ3n) is 2.27. The van der Waals surface area contributed by atoms with Gasteiger partial charge in [-0.15, -0.1) is 0 Å². The zero-order chi connectivity index (χ0) is 13.9. The highest BCUT2D eigenvalue weighted by molar-refractivity contribution is 9.10. The molecule has 0 atom stereocenters. The number of aromatic nitrogens is 1. The lowest BCUT2D eigenvalue weighted by Crippen LogP contribution is -2.14. The highest BCUT2D eigenvalue weighted by Crippen LogP contribution is 2.20. The van der Waals surface area contributed by atoms with Crippen molar-refractivity contribution in [2.24, 2.45) is 5.84 Å². The number of nitrogens with zero attached hydrogens (tertiary/aromatic N) is 1. The maximum Gasteiger partial charge on any atom is 0.262 e. The summed E-state index contributed by atoms with van der Waals surface area (Å²) in [7, 11) is -3.67. The lowest BCUT2D eigenvalue weighted by molar-refractivity contribution is 0.601. The van der Waals surface area contributed by atoms with Crippen molar-refractivity contribution in [3.8, 4) is 0 Å². The van der Waals surface area contributed by atoms with Gasteiger partial charge < -0.3 is 5.43 Å². The van der Waals surface area contributed by atoms with Crippen LogP contribution >= 0.6 is 15.9 Å². The Bertz CT molecular complexity index is 691. The van der Waals surface area contributed by atoms with Gasteiger partial charge >= 0.3 is 0 Å². The van der Waals surface area contributed by atoms with E-state index in [-0.39, 0.29) is 10.7 Å². The monoisotopic (exact) mass is 342 g/mol. The van der Waals surface area contributed by atoms with Gasteiger partial charge in [-0.25, -0.2) is 19.2 Å². The maximum atomic E-state index is 12.2. The highest BCUT2D eigenvalue weighted by Gasteiger charge is 2.15. The van der Waals surface area contributed by atoms with E-state index in [1.807, 2.05) is 0 Å². The number of nitrogen functional groups attached to an aromatic ring is 1. The van der Waals surface area contributed by atoms with E-state index in [1.54, 1.807) is 24.3 Å². The molecule has 0 radical (unpaired) electrons. The van der Waals surface area contributed by atoms with Crippen LogP contribution in [0.1, 0.15) is 0 Å². The number of nitrogens with one attached hydrogen (secondary N) is 2. The fourth-order valence-electron chi connectivity index (χ4n) is 1.42. The van der Waals surface area contributed by atoms with Crippen molar-refractivity contribution in [3.63, 3.8) is 0 Å². The van der Waals surface area contributed by atoms with Crippen LogP contribution < -0.4 is 16.0 Å². The number of halogens is 1. The van der Waals surface area contributed by atoms with E-state index in [2.05, 4.69) is 31.1 Å². The largest absolute Gasteiger partial charge is 0.308 e. The summed E-state index contributed by atoms with van der Waals surface area (Å²) >= 11 is 3.28. The van der Waals surface area contributed by atoms with Gasteiger partial charge in [-0.3, -0.25) is 4.72 Å². The smallest absolute Gasteiger partial charge is 0.262 e. The van der Waals surface area contributed by atoms with Gasteiger partial charge in [0, 0.05) is 22.4 Å². The fourth-order valence-corrected chi connectivity index (χ4v) is 2.88. The molecule has 6 nitrogen and oxygen atoms in total. The molecule has 0 aliphatic heterocycles. The Labute approximate surface area is 119 Å². The number of anilines is 2. The van der Waals surface area contributed by atoms with E-state index in [0.29, 0.717) is 5.69 Å². The Hall–Kier alpha value is -1.64. The van der Waals surface area contributed by atoms with Gasteiger partial charge in [-0.2, -0.15) is 0 Å². The molecule has 2 aromatic rings. The summed E-state index contributed by atoms with van der Waals surface area (Å²) in [6, 6.07) is 9.61. The Kier molecular flexibility index (Phi) is 4.03. The van der Waals surface area contributed by atoms with Crippen LogP contribution in [0, 0.1) is 0 Å². The fraction of sp³-hybridized carbons (Fsp3) is 0. The molecule has 1 aromatic heterocycles. The second kappa shape index (κ2) is 5.55. The van der Waals surface area contributed by atoms with E-state index < -0.39 is 10.0 Å². The SMILES string of the molecule is NNc1cc(S(=O)(=O)Nc2cccc(Br)c2)ccn1. The molecule has 100 valence electrons. The van der Waals surface area contributed by atoms with Gasteiger partial charge in [0.25, 0.3) is 10.0 Å². The molecule has 19 heavy (non-hydrogen) atoms. The average molecular weight is 343 g/mol. The first-order chi connectivity index (χ1) is 9.01. The first kappa shape index (κ1) is 13.8. The molecule has 0 saturated heterocycles. The van der Waals surface area contributed by atoms with Crippen LogP contribution in [0.3, 0.4) is 0 Å². The van der Waals surface area contributed by atoms with Crippen LogP contribution in [0.15, 0.2) is 52.0 Å². The van der Waals surface area contributed by atoms with E-state index >= 15 is 0 Å². The van der Waals surface area contributed by atoms with Crippen molar-refractivity contribution in [2.75, 3.05) is 10.1 Å². The number of hydrogen-bond donors (Lipinski definition) is 3. The van der Waals surface area contributed by atoms with E-state index in [9.17, 15) is 8.42 Å². The first-order valence-corrected chi connectivity index (χ1v) is 7.50. The highest BCUT2D eigenvalue weighted by atomic mass is 79.9. The normalized spacial score (nSPS) is 11.1. The van der Waals surface area contributed by atoms with Crippen LogP contribution in [-0.4, -0.2) is 13.4 Å². The summed E-state index contributed by atoms with van der Waals surface area (Å²) in [6.07, 6.45) is 1.37. The molecule has 1 aromatic carbocycles. The second-order valence-corrected chi connectivity index (χ2v) is 6.24. The third-order valence-corrected chi connectivity index (χ3v) is 4.14. The molecule has 0 fully saturated rings. The van der Waals surface area contributed by atoms with Crippen molar-refractivity contribution in [1.29, 1.82) is 0 Å². The van der Waals surface area contributed by atoms with Crippen LogP contribution in [0.25, 0.3) is 0 Å². The van der Waals surface area contributed by atoms with Crippen LogP contribution in [-0.2, 0) is 10.0 Å². The molecule has 1 heterocycles.